The largest absolute Gasteiger partial charge is 0.466 e. The van der Waals surface area contributed by atoms with E-state index in [1.807, 2.05) is 13.8 Å². The minimum Gasteiger partial charge on any atom is -0.466 e. The first-order chi connectivity index (χ1) is 5.13. The molecule has 0 saturated heterocycles. The van der Waals surface area contributed by atoms with Gasteiger partial charge in [-0.3, -0.25) is 4.79 Å². The summed E-state index contributed by atoms with van der Waals surface area (Å²) in [4.78, 5) is 11.1. The molecule has 11 heavy (non-hydrogen) atoms. The molecule has 0 unspecified atom stereocenters. The third kappa shape index (κ3) is 3.37. The van der Waals surface area contributed by atoms with E-state index in [0.717, 1.165) is 6.42 Å². The summed E-state index contributed by atoms with van der Waals surface area (Å²) in [5.74, 6) is -0.319. The van der Waals surface area contributed by atoms with Gasteiger partial charge in [-0.2, -0.15) is 0 Å². The van der Waals surface area contributed by atoms with Gasteiger partial charge in [0.05, 0.1) is 12.5 Å². The number of ether oxygens (including phenoxy) is 1. The van der Waals surface area contributed by atoms with Gasteiger partial charge in [0.25, 0.3) is 0 Å². The van der Waals surface area contributed by atoms with Crippen LogP contribution in [0.4, 0.5) is 0 Å². The molecule has 0 rings (SSSR count). The number of hydrogen-bond acceptors (Lipinski definition) is 3. The average Bonchev–Trinajstić information content (AvgIpc) is 1.88. The molecule has 0 radical (unpaired) electrons. The van der Waals surface area contributed by atoms with Crippen molar-refractivity contribution in [1.29, 1.82) is 0 Å². The second-order valence-corrected chi connectivity index (χ2v) is 2.63. The Morgan fingerprint density at radius 2 is 2.09 bits per heavy atom. The predicted molar refractivity (Wildman–Crippen MR) is 44.1 cm³/mol. The van der Waals surface area contributed by atoms with E-state index >= 15 is 0 Å². The van der Waals surface area contributed by atoms with Crippen molar-refractivity contribution in [3.63, 3.8) is 0 Å². The maximum atomic E-state index is 11.1. The molecule has 0 amide bonds. The van der Waals surface area contributed by atoms with Crippen LogP contribution in [0.2, 0.25) is 0 Å². The average molecular weight is 159 g/mol. The van der Waals surface area contributed by atoms with E-state index < -0.39 is 0 Å². The molecular weight excluding hydrogens is 142 g/mol. The Labute approximate surface area is 67.9 Å². The van der Waals surface area contributed by atoms with Gasteiger partial charge in [0.1, 0.15) is 0 Å². The summed E-state index contributed by atoms with van der Waals surface area (Å²) in [5, 5.41) is 0. The van der Waals surface area contributed by atoms with Crippen molar-refractivity contribution in [2.75, 3.05) is 6.61 Å². The van der Waals surface area contributed by atoms with Crippen LogP contribution in [-0.2, 0) is 9.53 Å². The van der Waals surface area contributed by atoms with Crippen molar-refractivity contribution in [3.05, 3.63) is 0 Å². The molecule has 3 nitrogen and oxygen atoms in total. The highest BCUT2D eigenvalue weighted by molar-refractivity contribution is 5.73. The van der Waals surface area contributed by atoms with E-state index in [1.165, 1.54) is 0 Å². The Morgan fingerprint density at radius 3 is 2.36 bits per heavy atom. The smallest absolute Gasteiger partial charge is 0.310 e. The van der Waals surface area contributed by atoms with Crippen LogP contribution < -0.4 is 5.73 Å². The third-order valence-corrected chi connectivity index (χ3v) is 1.66. The molecule has 2 atom stereocenters. The normalized spacial score (nSPS) is 15.6. The van der Waals surface area contributed by atoms with Gasteiger partial charge in [0.2, 0.25) is 0 Å². The Bertz CT molecular complexity index is 123. The van der Waals surface area contributed by atoms with Crippen molar-refractivity contribution >= 4 is 5.97 Å². The predicted octanol–water partition coefficient (Wildman–Crippen LogP) is 0.923. The van der Waals surface area contributed by atoms with E-state index in [1.54, 1.807) is 6.92 Å². The number of nitrogens with two attached hydrogens (primary N) is 1. The SMILES string of the molecule is CCOC(=O)[C@@H](CC)[C@H](C)N. The van der Waals surface area contributed by atoms with Gasteiger partial charge in [-0.25, -0.2) is 0 Å². The topological polar surface area (TPSA) is 52.3 Å². The number of rotatable bonds is 4. The lowest BCUT2D eigenvalue weighted by Crippen LogP contribution is -2.33. The molecule has 66 valence electrons. The van der Waals surface area contributed by atoms with Gasteiger partial charge in [0, 0.05) is 6.04 Å². The van der Waals surface area contributed by atoms with Crippen molar-refractivity contribution in [2.24, 2.45) is 11.7 Å². The third-order valence-electron chi connectivity index (χ3n) is 1.66. The zero-order valence-corrected chi connectivity index (χ0v) is 7.46. The summed E-state index contributed by atoms with van der Waals surface area (Å²) in [6.07, 6.45) is 0.747. The molecule has 0 aliphatic heterocycles. The standard InChI is InChI=1S/C8H17NO2/c1-4-7(6(3)9)8(10)11-5-2/h6-7H,4-5,9H2,1-3H3/t6-,7-/m0/s1. The van der Waals surface area contributed by atoms with Crippen LogP contribution in [0.15, 0.2) is 0 Å². The molecule has 0 spiro atoms. The number of carbonyl (C=O) groups excluding carboxylic acids is 1. The second-order valence-electron chi connectivity index (χ2n) is 2.63. The van der Waals surface area contributed by atoms with Crippen LogP contribution in [0.1, 0.15) is 27.2 Å². The van der Waals surface area contributed by atoms with E-state index in [2.05, 4.69) is 0 Å². The molecule has 0 aliphatic carbocycles. The first kappa shape index (κ1) is 10.4. The lowest BCUT2D eigenvalue weighted by atomic mass is 10.00. The minimum absolute atomic E-state index is 0.112. The van der Waals surface area contributed by atoms with Crippen LogP contribution in [0.25, 0.3) is 0 Å². The molecular formula is C8H17NO2. The molecule has 0 bridgehead atoms. The van der Waals surface area contributed by atoms with Crippen LogP contribution in [0.5, 0.6) is 0 Å². The highest BCUT2D eigenvalue weighted by atomic mass is 16.5. The summed E-state index contributed by atoms with van der Waals surface area (Å²) < 4.78 is 4.84. The van der Waals surface area contributed by atoms with E-state index in [0.29, 0.717) is 6.61 Å². The van der Waals surface area contributed by atoms with Crippen molar-refractivity contribution in [1.82, 2.24) is 0 Å². The fourth-order valence-corrected chi connectivity index (χ4v) is 1.00. The number of esters is 1. The maximum absolute atomic E-state index is 11.1. The fraction of sp³-hybridized carbons (Fsp3) is 0.875. The highest BCUT2D eigenvalue weighted by Gasteiger charge is 2.21. The quantitative estimate of drug-likeness (QED) is 0.621. The molecule has 3 heteroatoms. The highest BCUT2D eigenvalue weighted by Crippen LogP contribution is 2.08. The first-order valence-electron chi connectivity index (χ1n) is 4.05. The van der Waals surface area contributed by atoms with Crippen LogP contribution in [0, 0.1) is 5.92 Å². The first-order valence-corrected chi connectivity index (χ1v) is 4.05. The summed E-state index contributed by atoms with van der Waals surface area (Å²) in [5.41, 5.74) is 5.58. The van der Waals surface area contributed by atoms with Gasteiger partial charge >= 0.3 is 5.97 Å². The second kappa shape index (κ2) is 5.13. The Balaban J connectivity index is 3.92. The number of hydrogen-bond donors (Lipinski definition) is 1. The molecule has 0 fully saturated rings. The van der Waals surface area contributed by atoms with Gasteiger partial charge in [-0.15, -0.1) is 0 Å². The molecule has 0 aromatic heterocycles. The lowest BCUT2D eigenvalue weighted by Gasteiger charge is -2.16. The zero-order chi connectivity index (χ0) is 8.85. The Morgan fingerprint density at radius 1 is 1.55 bits per heavy atom. The molecule has 0 aromatic carbocycles. The fourth-order valence-electron chi connectivity index (χ4n) is 1.00. The van der Waals surface area contributed by atoms with Crippen LogP contribution >= 0.6 is 0 Å². The summed E-state index contributed by atoms with van der Waals surface area (Å²) >= 11 is 0. The number of carbonyl (C=O) groups is 1. The Kier molecular flexibility index (Phi) is 4.86. The summed E-state index contributed by atoms with van der Waals surface area (Å²) in [6.45, 7) is 5.99. The molecule has 0 aliphatic rings. The van der Waals surface area contributed by atoms with Crippen LogP contribution in [-0.4, -0.2) is 18.6 Å². The van der Waals surface area contributed by atoms with Gasteiger partial charge in [0.15, 0.2) is 0 Å². The molecule has 2 N–H and O–H groups in total. The summed E-state index contributed by atoms with van der Waals surface area (Å²) in [6, 6.07) is -0.112. The van der Waals surface area contributed by atoms with Crippen molar-refractivity contribution < 1.29 is 9.53 Å². The van der Waals surface area contributed by atoms with E-state index in [-0.39, 0.29) is 17.9 Å². The summed E-state index contributed by atoms with van der Waals surface area (Å²) in [7, 11) is 0. The van der Waals surface area contributed by atoms with E-state index in [4.69, 9.17) is 10.5 Å². The Hall–Kier alpha value is -0.570. The maximum Gasteiger partial charge on any atom is 0.310 e. The zero-order valence-electron chi connectivity index (χ0n) is 7.46. The molecule has 0 heterocycles. The van der Waals surface area contributed by atoms with E-state index in [9.17, 15) is 4.79 Å². The molecule has 0 aromatic rings. The van der Waals surface area contributed by atoms with Crippen molar-refractivity contribution in [3.8, 4) is 0 Å². The van der Waals surface area contributed by atoms with Gasteiger partial charge in [-0.05, 0) is 20.3 Å². The minimum atomic E-state index is -0.176. The van der Waals surface area contributed by atoms with Crippen molar-refractivity contribution in [2.45, 2.75) is 33.2 Å². The molecule has 0 saturated carbocycles. The lowest BCUT2D eigenvalue weighted by molar-refractivity contribution is -0.148. The van der Waals surface area contributed by atoms with Gasteiger partial charge < -0.3 is 10.5 Å². The van der Waals surface area contributed by atoms with Gasteiger partial charge in [-0.1, -0.05) is 6.92 Å². The monoisotopic (exact) mass is 159 g/mol. The van der Waals surface area contributed by atoms with Crippen LogP contribution in [0.3, 0.4) is 0 Å².